The highest BCUT2D eigenvalue weighted by Gasteiger charge is 2.33. The summed E-state index contributed by atoms with van der Waals surface area (Å²) in [5.74, 6) is 0.425. The molecule has 4 heterocycles. The quantitative estimate of drug-likeness (QED) is 0.685. The van der Waals surface area contributed by atoms with E-state index in [1.807, 2.05) is 23.1 Å². The fourth-order valence-corrected chi connectivity index (χ4v) is 5.61. The molecule has 1 aromatic heterocycles. The van der Waals surface area contributed by atoms with Gasteiger partial charge in [0.15, 0.2) is 5.17 Å². The van der Waals surface area contributed by atoms with Crippen LogP contribution in [0.3, 0.4) is 0 Å². The second kappa shape index (κ2) is 10.5. The Kier molecular flexibility index (Phi) is 6.98. The van der Waals surface area contributed by atoms with Crippen molar-refractivity contribution in [3.8, 4) is 0 Å². The van der Waals surface area contributed by atoms with Crippen LogP contribution in [0.1, 0.15) is 29.6 Å². The fraction of sp³-hybridized carbons (Fsp3) is 0.400. The summed E-state index contributed by atoms with van der Waals surface area (Å²) >= 11 is 1.38. The van der Waals surface area contributed by atoms with Gasteiger partial charge in [-0.15, -0.1) is 0 Å². The van der Waals surface area contributed by atoms with Crippen molar-refractivity contribution in [2.45, 2.75) is 24.5 Å². The maximum absolute atomic E-state index is 12.9. The number of hydrogen-bond donors (Lipinski definition) is 1. The minimum absolute atomic E-state index is 0.0249. The van der Waals surface area contributed by atoms with Crippen molar-refractivity contribution in [2.75, 3.05) is 49.5 Å². The molecule has 35 heavy (non-hydrogen) atoms. The highest BCUT2D eigenvalue weighted by atomic mass is 32.2. The van der Waals surface area contributed by atoms with Gasteiger partial charge in [-0.2, -0.15) is 4.99 Å². The van der Waals surface area contributed by atoms with Gasteiger partial charge >= 0.3 is 0 Å². The molecule has 10 heteroatoms. The SMILES string of the molecule is O=C(CC1SC(N2CCCC2)=NC1=O)Nc1ccc(C(=O)N2CCN(c3ccccn3)CC2)cc1. The Bertz CT molecular complexity index is 1110. The number of likely N-dealkylation sites (tertiary alicyclic amines) is 1. The first-order valence-corrected chi connectivity index (χ1v) is 12.8. The first-order chi connectivity index (χ1) is 17.1. The van der Waals surface area contributed by atoms with E-state index in [1.165, 1.54) is 11.8 Å². The largest absolute Gasteiger partial charge is 0.353 e. The molecule has 2 saturated heterocycles. The lowest BCUT2D eigenvalue weighted by atomic mass is 10.1. The number of anilines is 2. The summed E-state index contributed by atoms with van der Waals surface area (Å²) in [4.78, 5) is 52.4. The molecule has 5 rings (SSSR count). The number of pyridine rings is 1. The van der Waals surface area contributed by atoms with E-state index in [2.05, 4.69) is 25.1 Å². The van der Waals surface area contributed by atoms with Gasteiger partial charge in [0.1, 0.15) is 11.1 Å². The molecule has 0 saturated carbocycles. The van der Waals surface area contributed by atoms with Gasteiger partial charge < -0.3 is 20.0 Å². The number of nitrogens with one attached hydrogen (secondary N) is 1. The van der Waals surface area contributed by atoms with E-state index < -0.39 is 5.25 Å². The third kappa shape index (κ3) is 5.48. The molecule has 3 aliphatic rings. The normalized spacial score (nSPS) is 20.2. The summed E-state index contributed by atoms with van der Waals surface area (Å²) in [7, 11) is 0. The predicted molar refractivity (Wildman–Crippen MR) is 137 cm³/mol. The summed E-state index contributed by atoms with van der Waals surface area (Å²) in [5, 5.41) is 3.10. The zero-order chi connectivity index (χ0) is 24.2. The van der Waals surface area contributed by atoms with Crippen LogP contribution in [0.25, 0.3) is 0 Å². The van der Waals surface area contributed by atoms with Gasteiger partial charge in [-0.25, -0.2) is 4.98 Å². The third-order valence-corrected chi connectivity index (χ3v) is 7.65. The number of aromatic nitrogens is 1. The minimum atomic E-state index is -0.476. The lowest BCUT2D eigenvalue weighted by Gasteiger charge is -2.35. The summed E-state index contributed by atoms with van der Waals surface area (Å²) < 4.78 is 0. The predicted octanol–water partition coefficient (Wildman–Crippen LogP) is 2.47. The zero-order valence-electron chi connectivity index (χ0n) is 19.4. The Morgan fingerprint density at radius 1 is 0.943 bits per heavy atom. The van der Waals surface area contributed by atoms with Gasteiger partial charge in [0, 0.05) is 63.1 Å². The molecule has 2 aromatic rings. The summed E-state index contributed by atoms with van der Waals surface area (Å²) in [6, 6.07) is 12.7. The molecule has 1 N–H and O–H groups in total. The number of amides is 3. The van der Waals surface area contributed by atoms with Gasteiger partial charge in [0.25, 0.3) is 11.8 Å². The lowest BCUT2D eigenvalue weighted by molar-refractivity contribution is -0.121. The smallest absolute Gasteiger partial charge is 0.262 e. The van der Waals surface area contributed by atoms with Crippen LogP contribution in [-0.2, 0) is 9.59 Å². The van der Waals surface area contributed by atoms with E-state index in [0.29, 0.717) is 24.3 Å². The van der Waals surface area contributed by atoms with Crippen molar-refractivity contribution < 1.29 is 14.4 Å². The Labute approximate surface area is 208 Å². The summed E-state index contributed by atoms with van der Waals surface area (Å²) in [6.45, 7) is 4.56. The van der Waals surface area contributed by atoms with E-state index in [0.717, 1.165) is 50.0 Å². The molecule has 0 radical (unpaired) electrons. The van der Waals surface area contributed by atoms with Crippen LogP contribution in [0.15, 0.2) is 53.7 Å². The minimum Gasteiger partial charge on any atom is -0.353 e. The number of nitrogens with zero attached hydrogens (tertiary/aromatic N) is 5. The highest BCUT2D eigenvalue weighted by molar-refractivity contribution is 8.15. The highest BCUT2D eigenvalue weighted by Crippen LogP contribution is 2.29. The van der Waals surface area contributed by atoms with Gasteiger partial charge in [-0.3, -0.25) is 14.4 Å². The third-order valence-electron chi connectivity index (χ3n) is 6.43. The van der Waals surface area contributed by atoms with Gasteiger partial charge in [0.05, 0.1) is 0 Å². The van der Waals surface area contributed by atoms with Crippen LogP contribution >= 0.6 is 11.8 Å². The molecule has 2 fully saturated rings. The Hall–Kier alpha value is -3.40. The number of amidine groups is 1. The number of rotatable bonds is 5. The first kappa shape index (κ1) is 23.3. The van der Waals surface area contributed by atoms with Gasteiger partial charge in [0.2, 0.25) is 5.91 Å². The molecule has 0 spiro atoms. The number of carbonyl (C=O) groups excluding carboxylic acids is 3. The van der Waals surface area contributed by atoms with Crippen LogP contribution in [0.2, 0.25) is 0 Å². The molecule has 1 unspecified atom stereocenters. The first-order valence-electron chi connectivity index (χ1n) is 12.0. The van der Waals surface area contributed by atoms with Crippen molar-refractivity contribution in [1.82, 2.24) is 14.8 Å². The number of aliphatic imine (C=N–C) groups is 1. The van der Waals surface area contributed by atoms with Crippen molar-refractivity contribution in [3.63, 3.8) is 0 Å². The monoisotopic (exact) mass is 492 g/mol. The van der Waals surface area contributed by atoms with E-state index >= 15 is 0 Å². The van der Waals surface area contributed by atoms with Crippen LogP contribution in [0.5, 0.6) is 0 Å². The molecule has 9 nitrogen and oxygen atoms in total. The maximum Gasteiger partial charge on any atom is 0.262 e. The average molecular weight is 493 g/mol. The van der Waals surface area contributed by atoms with Crippen LogP contribution in [0.4, 0.5) is 11.5 Å². The molecule has 1 aromatic carbocycles. The number of carbonyl (C=O) groups is 3. The molecule has 0 aliphatic carbocycles. The van der Waals surface area contributed by atoms with Gasteiger partial charge in [-0.05, 0) is 49.2 Å². The summed E-state index contributed by atoms with van der Waals surface area (Å²) in [6.07, 6.45) is 4.07. The Morgan fingerprint density at radius 3 is 2.37 bits per heavy atom. The van der Waals surface area contributed by atoms with E-state index in [9.17, 15) is 14.4 Å². The molecule has 3 amide bonds. The Balaban J connectivity index is 1.10. The van der Waals surface area contributed by atoms with Crippen molar-refractivity contribution >= 4 is 46.2 Å². The second-order valence-corrected chi connectivity index (χ2v) is 10.00. The number of piperazine rings is 1. The fourth-order valence-electron chi connectivity index (χ4n) is 4.49. The standard InChI is InChI=1S/C25H28N6O3S/c32-22(17-20-23(33)28-25(35-20)31-11-3-4-12-31)27-19-8-6-18(7-9-19)24(34)30-15-13-29(14-16-30)21-5-1-2-10-26-21/h1-2,5-10,20H,3-4,11-17H2,(H,27,32). The number of thioether (sulfide) groups is 1. The van der Waals surface area contributed by atoms with Crippen LogP contribution < -0.4 is 10.2 Å². The molecule has 1 atom stereocenters. The average Bonchev–Trinajstić information content (AvgIpc) is 3.55. The van der Waals surface area contributed by atoms with Crippen molar-refractivity contribution in [2.24, 2.45) is 4.99 Å². The van der Waals surface area contributed by atoms with E-state index in [4.69, 9.17) is 0 Å². The van der Waals surface area contributed by atoms with Crippen molar-refractivity contribution in [3.05, 3.63) is 54.2 Å². The Morgan fingerprint density at radius 2 is 1.69 bits per heavy atom. The number of benzene rings is 1. The van der Waals surface area contributed by atoms with Crippen LogP contribution in [0, 0.1) is 0 Å². The van der Waals surface area contributed by atoms with Crippen LogP contribution in [-0.4, -0.2) is 82.2 Å². The number of hydrogen-bond acceptors (Lipinski definition) is 7. The molecule has 3 aliphatic heterocycles. The zero-order valence-corrected chi connectivity index (χ0v) is 20.2. The second-order valence-electron chi connectivity index (χ2n) is 8.83. The summed E-state index contributed by atoms with van der Waals surface area (Å²) in [5.41, 5.74) is 1.18. The molecular formula is C25H28N6O3S. The maximum atomic E-state index is 12.9. The van der Waals surface area contributed by atoms with Gasteiger partial charge in [-0.1, -0.05) is 17.8 Å². The lowest BCUT2D eigenvalue weighted by Crippen LogP contribution is -2.49. The molecular weight excluding hydrogens is 464 g/mol. The van der Waals surface area contributed by atoms with E-state index in [1.54, 1.807) is 30.5 Å². The molecule has 182 valence electrons. The van der Waals surface area contributed by atoms with Crippen molar-refractivity contribution in [1.29, 1.82) is 0 Å². The topological polar surface area (TPSA) is 98.2 Å². The van der Waals surface area contributed by atoms with E-state index in [-0.39, 0.29) is 24.1 Å². The molecule has 0 bridgehead atoms.